The lowest BCUT2D eigenvalue weighted by atomic mass is 9.95. The van der Waals surface area contributed by atoms with Gasteiger partial charge < -0.3 is 20.3 Å². The van der Waals surface area contributed by atoms with Crippen LogP contribution in [0.5, 0.6) is 0 Å². The highest BCUT2D eigenvalue weighted by atomic mass is 32.2. The topological polar surface area (TPSA) is 108 Å². The highest BCUT2D eigenvalue weighted by Crippen LogP contribution is 2.19. The van der Waals surface area contributed by atoms with Gasteiger partial charge in [-0.1, -0.05) is 50.3 Å². The van der Waals surface area contributed by atoms with Gasteiger partial charge in [0.1, 0.15) is 17.5 Å². The Morgan fingerprint density at radius 1 is 1.08 bits per heavy atom. The van der Waals surface area contributed by atoms with E-state index in [1.165, 1.54) is 6.42 Å². The summed E-state index contributed by atoms with van der Waals surface area (Å²) in [6, 6.07) is 6.90. The van der Waals surface area contributed by atoms with Crippen molar-refractivity contribution in [1.82, 2.24) is 15.1 Å². The number of carbonyl (C=O) groups is 3. The van der Waals surface area contributed by atoms with Crippen molar-refractivity contribution in [3.05, 3.63) is 29.8 Å². The molecule has 0 spiro atoms. The highest BCUT2D eigenvalue weighted by molar-refractivity contribution is 7.86. The number of amides is 3. The van der Waals surface area contributed by atoms with E-state index >= 15 is 0 Å². The summed E-state index contributed by atoms with van der Waals surface area (Å²) in [5.41, 5.74) is 1.70. The Balaban J connectivity index is 1.62. The second kappa shape index (κ2) is 16.7. The van der Waals surface area contributed by atoms with Crippen LogP contribution >= 0.6 is 0 Å². The van der Waals surface area contributed by atoms with Gasteiger partial charge in [-0.2, -0.15) is 0 Å². The van der Waals surface area contributed by atoms with Crippen molar-refractivity contribution in [3.8, 4) is 0 Å². The molecule has 0 unspecified atom stereocenters. The highest BCUT2D eigenvalue weighted by Gasteiger charge is 2.31. The van der Waals surface area contributed by atoms with Crippen molar-refractivity contribution in [3.63, 3.8) is 0 Å². The van der Waals surface area contributed by atoms with Gasteiger partial charge in [0.2, 0.25) is 17.7 Å². The van der Waals surface area contributed by atoms with E-state index in [9.17, 15) is 18.6 Å². The molecule has 0 radical (unpaired) electrons. The van der Waals surface area contributed by atoms with E-state index in [0.717, 1.165) is 57.3 Å². The van der Waals surface area contributed by atoms with Gasteiger partial charge >= 0.3 is 0 Å². The third kappa shape index (κ3) is 11.0. The van der Waals surface area contributed by atoms with Gasteiger partial charge in [-0.15, -0.1) is 0 Å². The normalized spacial score (nSPS) is 18.2. The van der Waals surface area contributed by atoms with Crippen molar-refractivity contribution in [2.45, 2.75) is 77.3 Å². The molecule has 1 saturated heterocycles. The first-order chi connectivity index (χ1) is 18.9. The lowest BCUT2D eigenvalue weighted by Crippen LogP contribution is -2.53. The van der Waals surface area contributed by atoms with Gasteiger partial charge in [0.15, 0.2) is 0 Å². The molecule has 0 aromatic heterocycles. The Morgan fingerprint density at radius 2 is 1.77 bits per heavy atom. The predicted molar refractivity (Wildman–Crippen MR) is 155 cm³/mol. The molecule has 1 aromatic rings. The van der Waals surface area contributed by atoms with Crippen LogP contribution in [0.25, 0.3) is 0 Å². The van der Waals surface area contributed by atoms with Gasteiger partial charge in [0.25, 0.3) is 0 Å². The standard InChI is InChI=1S/C29H46N4O5S/c1-3-8-26(29(36)31-24-9-5-4-6-10-24)33(16-7-15-32-17-19-38-20-18-32)28(35)22-39(37)21-27(34)30-25-13-11-23(2)12-14-25/h11-14,24,26H,3-10,15-22H2,1-2H3,(H,30,34)(H,31,36)/t26-,39-/m0/s1. The number of carbonyl (C=O) groups excluding carboxylic acids is 3. The lowest BCUT2D eigenvalue weighted by Gasteiger charge is -2.34. The molecule has 39 heavy (non-hydrogen) atoms. The summed E-state index contributed by atoms with van der Waals surface area (Å²) >= 11 is 0. The van der Waals surface area contributed by atoms with Crippen LogP contribution in [0.2, 0.25) is 0 Å². The molecule has 2 N–H and O–H groups in total. The predicted octanol–water partition coefficient (Wildman–Crippen LogP) is 2.85. The van der Waals surface area contributed by atoms with Gasteiger partial charge in [0, 0.05) is 48.7 Å². The van der Waals surface area contributed by atoms with Crippen LogP contribution in [0.1, 0.15) is 63.9 Å². The van der Waals surface area contributed by atoms with Crippen LogP contribution in [-0.2, 0) is 29.9 Å². The smallest absolute Gasteiger partial charge is 0.243 e. The zero-order chi connectivity index (χ0) is 28.0. The second-order valence-corrected chi connectivity index (χ2v) is 12.1. The van der Waals surface area contributed by atoms with E-state index in [0.29, 0.717) is 38.3 Å². The number of ether oxygens (including phenoxy) is 1. The fraction of sp³-hybridized carbons (Fsp3) is 0.690. The number of rotatable bonds is 14. The van der Waals surface area contributed by atoms with Crippen LogP contribution in [0.4, 0.5) is 5.69 Å². The van der Waals surface area contributed by atoms with E-state index in [4.69, 9.17) is 4.74 Å². The Hall–Kier alpha value is -2.30. The number of nitrogens with one attached hydrogen (secondary N) is 2. The van der Waals surface area contributed by atoms with Gasteiger partial charge in [-0.3, -0.25) is 23.5 Å². The average molecular weight is 563 g/mol. The molecule has 1 aliphatic heterocycles. The molecule has 1 heterocycles. The Bertz CT molecular complexity index is 946. The Kier molecular flexibility index (Phi) is 13.4. The molecular weight excluding hydrogens is 516 g/mol. The van der Waals surface area contributed by atoms with Crippen molar-refractivity contribution in [2.75, 3.05) is 56.2 Å². The van der Waals surface area contributed by atoms with Crippen molar-refractivity contribution in [1.29, 1.82) is 0 Å². The average Bonchev–Trinajstić information content (AvgIpc) is 2.92. The zero-order valence-electron chi connectivity index (χ0n) is 23.6. The Morgan fingerprint density at radius 3 is 2.44 bits per heavy atom. The minimum atomic E-state index is -1.69. The summed E-state index contributed by atoms with van der Waals surface area (Å²) in [6.45, 7) is 8.29. The SMILES string of the molecule is CCC[C@@H](C(=O)NC1CCCCC1)N(CCCN1CCOCC1)C(=O)C[S@@](=O)CC(=O)Nc1ccc(C)cc1. The summed E-state index contributed by atoms with van der Waals surface area (Å²) in [7, 11) is -1.69. The molecule has 2 aliphatic rings. The monoisotopic (exact) mass is 562 g/mol. The first kappa shape index (κ1) is 31.2. The van der Waals surface area contributed by atoms with E-state index in [1.807, 2.05) is 26.0 Å². The summed E-state index contributed by atoms with van der Waals surface area (Å²) in [5, 5.41) is 5.94. The third-order valence-electron chi connectivity index (χ3n) is 7.40. The fourth-order valence-corrected chi connectivity index (χ4v) is 6.15. The molecule has 10 heteroatoms. The maximum absolute atomic E-state index is 13.5. The molecule has 3 rings (SSSR count). The van der Waals surface area contributed by atoms with Crippen LogP contribution in [0, 0.1) is 6.92 Å². The van der Waals surface area contributed by atoms with Crippen molar-refractivity contribution in [2.24, 2.45) is 0 Å². The summed E-state index contributed by atoms with van der Waals surface area (Å²) in [5.74, 6) is -1.41. The minimum Gasteiger partial charge on any atom is -0.379 e. The number of benzene rings is 1. The molecule has 2 fully saturated rings. The van der Waals surface area contributed by atoms with Crippen molar-refractivity contribution >= 4 is 34.2 Å². The second-order valence-electron chi connectivity index (χ2n) is 10.7. The van der Waals surface area contributed by atoms with Gasteiger partial charge in [-0.25, -0.2) is 0 Å². The van der Waals surface area contributed by atoms with Crippen LogP contribution in [0.15, 0.2) is 24.3 Å². The molecule has 0 bridgehead atoms. The first-order valence-electron chi connectivity index (χ1n) is 14.5. The zero-order valence-corrected chi connectivity index (χ0v) is 24.4. The minimum absolute atomic E-state index is 0.119. The Labute approximate surface area is 235 Å². The van der Waals surface area contributed by atoms with Gasteiger partial charge in [0.05, 0.1) is 13.2 Å². The summed E-state index contributed by atoms with van der Waals surface area (Å²) < 4.78 is 18.3. The lowest BCUT2D eigenvalue weighted by molar-refractivity contribution is -0.139. The molecule has 2 atom stereocenters. The molecule has 1 aromatic carbocycles. The number of aryl methyl sites for hydroxylation is 1. The number of anilines is 1. The maximum atomic E-state index is 13.5. The number of hydrogen-bond acceptors (Lipinski definition) is 6. The number of morpholine rings is 1. The largest absolute Gasteiger partial charge is 0.379 e. The van der Waals surface area contributed by atoms with E-state index in [1.54, 1.807) is 17.0 Å². The molecule has 218 valence electrons. The van der Waals surface area contributed by atoms with E-state index in [2.05, 4.69) is 15.5 Å². The van der Waals surface area contributed by atoms with Crippen molar-refractivity contribution < 1.29 is 23.3 Å². The quantitative estimate of drug-likeness (QED) is 0.361. The van der Waals surface area contributed by atoms with Crippen LogP contribution in [0.3, 0.4) is 0 Å². The number of nitrogens with zero attached hydrogens (tertiary/aromatic N) is 2. The molecule has 3 amide bonds. The van der Waals surface area contributed by atoms with E-state index < -0.39 is 22.7 Å². The van der Waals surface area contributed by atoms with Crippen LogP contribution in [-0.4, -0.2) is 94.7 Å². The molecule has 1 aliphatic carbocycles. The summed E-state index contributed by atoms with van der Waals surface area (Å²) in [6.07, 6.45) is 7.35. The maximum Gasteiger partial charge on any atom is 0.243 e. The third-order valence-corrected chi connectivity index (χ3v) is 8.55. The molecular formula is C29H46N4O5S. The first-order valence-corrected chi connectivity index (χ1v) is 16.0. The van der Waals surface area contributed by atoms with E-state index in [-0.39, 0.29) is 29.4 Å². The van der Waals surface area contributed by atoms with Gasteiger partial charge in [-0.05, 0) is 44.7 Å². The molecule has 1 saturated carbocycles. The van der Waals surface area contributed by atoms with Crippen LogP contribution < -0.4 is 10.6 Å². The fourth-order valence-electron chi connectivity index (χ4n) is 5.24. The number of hydrogen-bond donors (Lipinski definition) is 2. The molecule has 9 nitrogen and oxygen atoms in total. The summed E-state index contributed by atoms with van der Waals surface area (Å²) in [4.78, 5) is 43.3.